The van der Waals surface area contributed by atoms with Gasteiger partial charge in [0.1, 0.15) is 0 Å². The molecular weight excluding hydrogens is 438 g/mol. The summed E-state index contributed by atoms with van der Waals surface area (Å²) in [5.41, 5.74) is 4.04. The van der Waals surface area contributed by atoms with Gasteiger partial charge in [0.05, 0.1) is 18.7 Å². The summed E-state index contributed by atoms with van der Waals surface area (Å²) < 4.78 is 11.3. The van der Waals surface area contributed by atoms with Crippen LogP contribution in [0.25, 0.3) is 0 Å². The lowest BCUT2D eigenvalue weighted by molar-refractivity contribution is -0.119. The molecule has 33 heavy (non-hydrogen) atoms. The number of methoxy groups -OCH3 is 1. The Labute approximate surface area is 201 Å². The monoisotopic (exact) mass is 471 g/mol. The SMILES string of the molecule is CCOc1c(Cl)cc(C2C3=C(CC(C)(C)CC3=O)N(C)C3=C2C(=O)CC(C)(C)C3)cc1OC. The van der Waals surface area contributed by atoms with Gasteiger partial charge in [-0.3, -0.25) is 9.59 Å². The van der Waals surface area contributed by atoms with E-state index in [1.54, 1.807) is 7.11 Å². The zero-order valence-corrected chi connectivity index (χ0v) is 21.5. The van der Waals surface area contributed by atoms with Crippen LogP contribution in [0.2, 0.25) is 5.02 Å². The van der Waals surface area contributed by atoms with Gasteiger partial charge >= 0.3 is 0 Å². The molecule has 0 amide bonds. The molecule has 3 aliphatic rings. The van der Waals surface area contributed by atoms with Gasteiger partial charge in [-0.2, -0.15) is 0 Å². The lowest BCUT2D eigenvalue weighted by atomic mass is 9.63. The summed E-state index contributed by atoms with van der Waals surface area (Å²) in [4.78, 5) is 29.3. The first kappa shape index (κ1) is 23.9. The van der Waals surface area contributed by atoms with E-state index in [2.05, 4.69) is 32.6 Å². The van der Waals surface area contributed by atoms with Crippen molar-refractivity contribution in [1.29, 1.82) is 0 Å². The number of nitrogens with zero attached hydrogens (tertiary/aromatic N) is 1. The van der Waals surface area contributed by atoms with Gasteiger partial charge in [-0.25, -0.2) is 0 Å². The van der Waals surface area contributed by atoms with Crippen molar-refractivity contribution < 1.29 is 19.1 Å². The number of hydrogen-bond acceptors (Lipinski definition) is 5. The second-order valence-electron chi connectivity index (χ2n) is 11.1. The van der Waals surface area contributed by atoms with Crippen molar-refractivity contribution in [1.82, 2.24) is 4.90 Å². The van der Waals surface area contributed by atoms with Gasteiger partial charge in [0.15, 0.2) is 23.1 Å². The van der Waals surface area contributed by atoms with Crippen LogP contribution in [-0.2, 0) is 9.59 Å². The van der Waals surface area contributed by atoms with Crippen molar-refractivity contribution in [3.63, 3.8) is 0 Å². The molecular formula is C27H34ClNO4. The van der Waals surface area contributed by atoms with E-state index in [4.69, 9.17) is 21.1 Å². The molecule has 0 radical (unpaired) electrons. The van der Waals surface area contributed by atoms with Crippen LogP contribution in [0.4, 0.5) is 0 Å². The van der Waals surface area contributed by atoms with Gasteiger partial charge in [0, 0.05) is 48.3 Å². The summed E-state index contributed by atoms with van der Waals surface area (Å²) in [6, 6.07) is 3.71. The molecule has 1 aromatic carbocycles. The summed E-state index contributed by atoms with van der Waals surface area (Å²) in [7, 11) is 3.58. The minimum absolute atomic E-state index is 0.103. The van der Waals surface area contributed by atoms with Crippen LogP contribution in [0.5, 0.6) is 11.5 Å². The highest BCUT2D eigenvalue weighted by atomic mass is 35.5. The third-order valence-electron chi connectivity index (χ3n) is 7.05. The molecule has 1 aliphatic heterocycles. The zero-order chi connectivity index (χ0) is 24.3. The predicted octanol–water partition coefficient (Wildman–Crippen LogP) is 6.06. The highest BCUT2D eigenvalue weighted by Gasteiger charge is 2.48. The first-order valence-corrected chi connectivity index (χ1v) is 12.0. The van der Waals surface area contributed by atoms with E-state index in [0.717, 1.165) is 40.9 Å². The summed E-state index contributed by atoms with van der Waals surface area (Å²) in [6.45, 7) is 10.9. The Kier molecular flexibility index (Phi) is 5.93. The quantitative estimate of drug-likeness (QED) is 0.534. The maximum absolute atomic E-state index is 13.6. The van der Waals surface area contributed by atoms with Crippen LogP contribution in [0, 0.1) is 10.8 Å². The Hall–Kier alpha value is -2.27. The third kappa shape index (κ3) is 4.09. The van der Waals surface area contributed by atoms with Gasteiger partial charge in [0.2, 0.25) is 0 Å². The zero-order valence-electron chi connectivity index (χ0n) is 20.7. The van der Waals surface area contributed by atoms with E-state index in [9.17, 15) is 9.59 Å². The van der Waals surface area contributed by atoms with Crippen LogP contribution < -0.4 is 9.47 Å². The number of benzene rings is 1. The Morgan fingerprint density at radius 1 is 0.970 bits per heavy atom. The molecule has 0 saturated heterocycles. The number of carbonyl (C=O) groups excluding carboxylic acids is 2. The smallest absolute Gasteiger partial charge is 0.179 e. The lowest BCUT2D eigenvalue weighted by Gasteiger charge is -2.48. The normalized spacial score (nSPS) is 22.4. The summed E-state index contributed by atoms with van der Waals surface area (Å²) in [5.74, 6) is 0.752. The number of ketones is 2. The average Bonchev–Trinajstić information content (AvgIpc) is 2.69. The van der Waals surface area contributed by atoms with Crippen molar-refractivity contribution >= 4 is 23.2 Å². The van der Waals surface area contributed by atoms with Crippen molar-refractivity contribution in [2.75, 3.05) is 20.8 Å². The Balaban J connectivity index is 1.98. The van der Waals surface area contributed by atoms with E-state index in [-0.39, 0.29) is 22.4 Å². The fraction of sp³-hybridized carbons (Fsp3) is 0.556. The van der Waals surface area contributed by atoms with Gasteiger partial charge in [0.25, 0.3) is 0 Å². The molecule has 0 spiro atoms. The average molecular weight is 472 g/mol. The van der Waals surface area contributed by atoms with Crippen molar-refractivity contribution in [2.24, 2.45) is 10.8 Å². The number of allylic oxidation sites excluding steroid dienone is 4. The Morgan fingerprint density at radius 3 is 1.94 bits per heavy atom. The third-order valence-corrected chi connectivity index (χ3v) is 7.33. The molecule has 0 atom stereocenters. The molecule has 6 heteroatoms. The van der Waals surface area contributed by atoms with Gasteiger partial charge in [-0.15, -0.1) is 0 Å². The van der Waals surface area contributed by atoms with E-state index >= 15 is 0 Å². The number of hydrogen-bond donors (Lipinski definition) is 0. The van der Waals surface area contributed by atoms with E-state index in [0.29, 0.717) is 36.0 Å². The van der Waals surface area contributed by atoms with E-state index in [1.807, 2.05) is 26.1 Å². The minimum Gasteiger partial charge on any atom is -0.493 e. The maximum atomic E-state index is 13.6. The molecule has 0 unspecified atom stereocenters. The number of ether oxygens (including phenoxy) is 2. The molecule has 0 bridgehead atoms. The predicted molar refractivity (Wildman–Crippen MR) is 130 cm³/mol. The first-order chi connectivity index (χ1) is 15.4. The van der Waals surface area contributed by atoms with Crippen molar-refractivity contribution in [3.05, 3.63) is 45.3 Å². The first-order valence-electron chi connectivity index (χ1n) is 11.7. The molecule has 0 fully saturated rings. The van der Waals surface area contributed by atoms with Crippen LogP contribution in [0.3, 0.4) is 0 Å². The highest BCUT2D eigenvalue weighted by molar-refractivity contribution is 6.32. The van der Waals surface area contributed by atoms with Crippen LogP contribution in [-0.4, -0.2) is 37.2 Å². The molecule has 5 nitrogen and oxygen atoms in total. The number of carbonyl (C=O) groups is 2. The highest BCUT2D eigenvalue weighted by Crippen LogP contribution is 2.55. The molecule has 1 aromatic rings. The maximum Gasteiger partial charge on any atom is 0.179 e. The minimum atomic E-state index is -0.444. The Bertz CT molecular complexity index is 1040. The second-order valence-corrected chi connectivity index (χ2v) is 11.5. The topological polar surface area (TPSA) is 55.8 Å². The second kappa shape index (κ2) is 8.19. The number of halogens is 1. The van der Waals surface area contributed by atoms with Crippen LogP contribution in [0.1, 0.15) is 71.8 Å². The summed E-state index contributed by atoms with van der Waals surface area (Å²) in [6.07, 6.45) is 2.49. The molecule has 0 N–H and O–H groups in total. The van der Waals surface area contributed by atoms with Gasteiger partial charge < -0.3 is 14.4 Å². The Morgan fingerprint density at radius 2 is 1.48 bits per heavy atom. The van der Waals surface area contributed by atoms with Crippen LogP contribution >= 0.6 is 11.6 Å². The van der Waals surface area contributed by atoms with Crippen LogP contribution in [0.15, 0.2) is 34.7 Å². The van der Waals surface area contributed by atoms with Crippen molar-refractivity contribution in [3.8, 4) is 11.5 Å². The number of rotatable bonds is 4. The largest absolute Gasteiger partial charge is 0.493 e. The fourth-order valence-corrected chi connectivity index (χ4v) is 5.96. The molecule has 178 valence electrons. The summed E-state index contributed by atoms with van der Waals surface area (Å²) in [5, 5.41) is 0.418. The molecule has 0 saturated carbocycles. The van der Waals surface area contributed by atoms with Gasteiger partial charge in [-0.05, 0) is 48.3 Å². The fourth-order valence-electron chi connectivity index (χ4n) is 5.69. The van der Waals surface area contributed by atoms with E-state index in [1.165, 1.54) is 0 Å². The molecule has 0 aromatic heterocycles. The van der Waals surface area contributed by atoms with Crippen molar-refractivity contribution in [2.45, 2.75) is 66.2 Å². The summed E-state index contributed by atoms with van der Waals surface area (Å²) >= 11 is 6.64. The molecule has 4 rings (SSSR count). The van der Waals surface area contributed by atoms with Gasteiger partial charge in [-0.1, -0.05) is 39.3 Å². The number of Topliss-reactive ketones (excluding diaryl/α,β-unsaturated/α-hetero) is 2. The molecule has 2 aliphatic carbocycles. The van der Waals surface area contributed by atoms with E-state index < -0.39 is 5.92 Å². The lowest BCUT2D eigenvalue weighted by Crippen LogP contribution is -2.43. The standard InChI is InChI=1S/C27H34ClNO4/c1-8-33-25-16(28)9-15(10-21(25)32-7)22-23-17(11-26(2,3)13-19(23)30)29(6)18-12-27(4,5)14-20(31)24(18)22/h9-10,22H,8,11-14H2,1-7H3. The molecule has 1 heterocycles.